The number of halogens is 3. The fourth-order valence-corrected chi connectivity index (χ4v) is 2.93. The Kier molecular flexibility index (Phi) is 4.63. The van der Waals surface area contributed by atoms with E-state index in [2.05, 4.69) is 22.0 Å². The smallest absolute Gasteiger partial charge is 0.137 e. The van der Waals surface area contributed by atoms with Gasteiger partial charge in [-0.15, -0.1) is 11.6 Å². The van der Waals surface area contributed by atoms with Crippen LogP contribution in [0, 0.1) is 5.82 Å². The van der Waals surface area contributed by atoms with Crippen LogP contribution < -0.4 is 0 Å². The van der Waals surface area contributed by atoms with E-state index in [1.165, 1.54) is 24.5 Å². The SMILES string of the molecule is Fc1cccc(CC2=CC(Cl)CCCC2)c1Br. The van der Waals surface area contributed by atoms with Crippen LogP contribution in [0.15, 0.2) is 34.3 Å². The first-order valence-corrected chi connectivity index (χ1v) is 7.16. The summed E-state index contributed by atoms with van der Waals surface area (Å²) in [6, 6.07) is 5.19. The van der Waals surface area contributed by atoms with Gasteiger partial charge in [0.25, 0.3) is 0 Å². The highest BCUT2D eigenvalue weighted by Crippen LogP contribution is 2.27. The monoisotopic (exact) mass is 316 g/mol. The van der Waals surface area contributed by atoms with E-state index in [1.807, 2.05) is 6.07 Å². The fraction of sp³-hybridized carbons (Fsp3) is 0.429. The zero-order valence-corrected chi connectivity index (χ0v) is 11.9. The Morgan fingerprint density at radius 1 is 1.35 bits per heavy atom. The van der Waals surface area contributed by atoms with Crippen molar-refractivity contribution in [2.75, 3.05) is 0 Å². The highest BCUT2D eigenvalue weighted by molar-refractivity contribution is 9.10. The van der Waals surface area contributed by atoms with Crippen molar-refractivity contribution in [2.45, 2.75) is 37.5 Å². The third kappa shape index (κ3) is 3.56. The van der Waals surface area contributed by atoms with Crippen LogP contribution >= 0.6 is 27.5 Å². The van der Waals surface area contributed by atoms with Gasteiger partial charge in [-0.1, -0.05) is 30.2 Å². The number of hydrogen-bond acceptors (Lipinski definition) is 0. The molecular weight excluding hydrogens is 303 g/mol. The molecule has 0 amide bonds. The van der Waals surface area contributed by atoms with E-state index in [0.29, 0.717) is 4.47 Å². The number of alkyl halides is 1. The molecule has 1 aromatic rings. The zero-order valence-electron chi connectivity index (χ0n) is 9.56. The lowest BCUT2D eigenvalue weighted by molar-refractivity contribution is 0.618. The lowest BCUT2D eigenvalue weighted by Gasteiger charge is -2.08. The van der Waals surface area contributed by atoms with Gasteiger partial charge in [-0.25, -0.2) is 4.39 Å². The summed E-state index contributed by atoms with van der Waals surface area (Å²) in [7, 11) is 0. The van der Waals surface area contributed by atoms with Crippen molar-refractivity contribution in [3.8, 4) is 0 Å². The predicted molar refractivity (Wildman–Crippen MR) is 74.0 cm³/mol. The van der Waals surface area contributed by atoms with Gasteiger partial charge in [-0.3, -0.25) is 0 Å². The Morgan fingerprint density at radius 3 is 3.00 bits per heavy atom. The van der Waals surface area contributed by atoms with E-state index in [9.17, 15) is 4.39 Å². The average molecular weight is 318 g/mol. The van der Waals surface area contributed by atoms with Gasteiger partial charge < -0.3 is 0 Å². The van der Waals surface area contributed by atoms with Crippen molar-refractivity contribution in [3.63, 3.8) is 0 Å². The minimum Gasteiger partial charge on any atom is -0.206 e. The Hall–Kier alpha value is -0.340. The normalized spacial score (nSPS) is 20.9. The van der Waals surface area contributed by atoms with Crippen LogP contribution in [0.3, 0.4) is 0 Å². The van der Waals surface area contributed by atoms with Gasteiger partial charge in [0.15, 0.2) is 0 Å². The van der Waals surface area contributed by atoms with Gasteiger partial charge in [0.1, 0.15) is 5.82 Å². The maximum absolute atomic E-state index is 13.4. The first-order chi connectivity index (χ1) is 8.16. The van der Waals surface area contributed by atoms with E-state index in [4.69, 9.17) is 11.6 Å². The van der Waals surface area contributed by atoms with Crippen molar-refractivity contribution < 1.29 is 4.39 Å². The van der Waals surface area contributed by atoms with E-state index in [1.54, 1.807) is 6.07 Å². The summed E-state index contributed by atoms with van der Waals surface area (Å²) < 4.78 is 14.0. The van der Waals surface area contributed by atoms with Gasteiger partial charge in [-0.05, 0) is 53.2 Å². The molecule has 0 saturated heterocycles. The standard InChI is InChI=1S/C14H15BrClF/c15-14-11(5-3-7-13(14)17)8-10-4-1-2-6-12(16)9-10/h3,5,7,9,12H,1-2,4,6,8H2. The second-order valence-corrected chi connectivity index (χ2v) is 5.83. The lowest BCUT2D eigenvalue weighted by atomic mass is 10.0. The van der Waals surface area contributed by atoms with E-state index in [0.717, 1.165) is 24.8 Å². The minimum atomic E-state index is -0.195. The number of allylic oxidation sites excluding steroid dienone is 2. The quantitative estimate of drug-likeness (QED) is 0.517. The molecule has 2 rings (SSSR count). The molecule has 1 aliphatic carbocycles. The fourth-order valence-electron chi connectivity index (χ4n) is 2.19. The molecule has 0 radical (unpaired) electrons. The molecule has 92 valence electrons. The topological polar surface area (TPSA) is 0 Å². The van der Waals surface area contributed by atoms with Crippen molar-refractivity contribution in [2.24, 2.45) is 0 Å². The summed E-state index contributed by atoms with van der Waals surface area (Å²) in [4.78, 5) is 0. The molecule has 1 unspecified atom stereocenters. The van der Waals surface area contributed by atoms with Crippen molar-refractivity contribution in [1.82, 2.24) is 0 Å². The van der Waals surface area contributed by atoms with Gasteiger partial charge in [-0.2, -0.15) is 0 Å². The summed E-state index contributed by atoms with van der Waals surface area (Å²) >= 11 is 9.50. The molecule has 0 spiro atoms. The number of rotatable bonds is 2. The predicted octanol–water partition coefficient (Wildman–Crippen LogP) is 5.24. The molecule has 0 fully saturated rings. The molecule has 1 aliphatic rings. The van der Waals surface area contributed by atoms with Gasteiger partial charge >= 0.3 is 0 Å². The van der Waals surface area contributed by atoms with Crippen LogP contribution in [0.2, 0.25) is 0 Å². The third-order valence-corrected chi connectivity index (χ3v) is 4.33. The van der Waals surface area contributed by atoms with Gasteiger partial charge in [0.2, 0.25) is 0 Å². The molecule has 0 heterocycles. The van der Waals surface area contributed by atoms with Crippen molar-refractivity contribution in [1.29, 1.82) is 0 Å². The molecule has 1 aromatic carbocycles. The average Bonchev–Trinajstić information content (AvgIpc) is 2.49. The third-order valence-electron chi connectivity index (χ3n) is 3.09. The first-order valence-electron chi connectivity index (χ1n) is 5.93. The summed E-state index contributed by atoms with van der Waals surface area (Å²) in [6.07, 6.45) is 7.43. The maximum Gasteiger partial charge on any atom is 0.137 e. The second-order valence-electron chi connectivity index (χ2n) is 4.48. The van der Waals surface area contributed by atoms with E-state index < -0.39 is 0 Å². The largest absolute Gasteiger partial charge is 0.206 e. The molecule has 1 atom stereocenters. The number of benzene rings is 1. The zero-order chi connectivity index (χ0) is 12.3. The van der Waals surface area contributed by atoms with Gasteiger partial charge in [0.05, 0.1) is 9.85 Å². The van der Waals surface area contributed by atoms with Crippen LogP contribution in [-0.4, -0.2) is 5.38 Å². The number of hydrogen-bond donors (Lipinski definition) is 0. The van der Waals surface area contributed by atoms with Crippen LogP contribution in [0.5, 0.6) is 0 Å². The van der Waals surface area contributed by atoms with Crippen molar-refractivity contribution in [3.05, 3.63) is 45.7 Å². The Morgan fingerprint density at radius 2 is 2.18 bits per heavy atom. The molecule has 0 saturated carbocycles. The highest BCUT2D eigenvalue weighted by atomic mass is 79.9. The van der Waals surface area contributed by atoms with Crippen LogP contribution in [0.25, 0.3) is 0 Å². The van der Waals surface area contributed by atoms with E-state index in [-0.39, 0.29) is 11.2 Å². The molecular formula is C14H15BrClF. The molecule has 0 aliphatic heterocycles. The van der Waals surface area contributed by atoms with Crippen LogP contribution in [0.4, 0.5) is 4.39 Å². The lowest BCUT2D eigenvalue weighted by Crippen LogP contribution is -1.96. The maximum atomic E-state index is 13.4. The Balaban J connectivity index is 2.17. The molecule has 3 heteroatoms. The Labute approximate surface area is 115 Å². The molecule has 0 aromatic heterocycles. The van der Waals surface area contributed by atoms with Gasteiger partial charge in [0, 0.05) is 0 Å². The summed E-state index contributed by atoms with van der Waals surface area (Å²) in [5.74, 6) is -0.195. The molecule has 0 N–H and O–H groups in total. The minimum absolute atomic E-state index is 0.139. The summed E-state index contributed by atoms with van der Waals surface area (Å²) in [5, 5.41) is 0.139. The van der Waals surface area contributed by atoms with Crippen LogP contribution in [0.1, 0.15) is 31.2 Å². The van der Waals surface area contributed by atoms with Crippen LogP contribution in [-0.2, 0) is 6.42 Å². The van der Waals surface area contributed by atoms with Crippen molar-refractivity contribution >= 4 is 27.5 Å². The highest BCUT2D eigenvalue weighted by Gasteiger charge is 2.12. The molecule has 17 heavy (non-hydrogen) atoms. The molecule has 0 bridgehead atoms. The first kappa shape index (κ1) is 13.1. The summed E-state index contributed by atoms with van der Waals surface area (Å²) in [6.45, 7) is 0. The Bertz CT molecular complexity index is 428. The van der Waals surface area contributed by atoms with E-state index >= 15 is 0 Å². The molecule has 0 nitrogen and oxygen atoms in total. The summed E-state index contributed by atoms with van der Waals surface area (Å²) in [5.41, 5.74) is 2.33. The second kappa shape index (κ2) is 6.01.